The quantitative estimate of drug-likeness (QED) is 0.506. The van der Waals surface area contributed by atoms with Crippen LogP contribution >= 0.6 is 25.4 Å². The standard InChI is InChI=1S/C4H6O.4CH3.2BrH.2Sn/c1-3-4-5-2;;;;;;;;/h1H,4H2,2H3;4*1H3;2*1H;;/q;;;;;;;2*+1/p-2. The van der Waals surface area contributed by atoms with Gasteiger partial charge in [-0.25, -0.2) is 0 Å². The Kier molecular flexibility index (Phi) is 7.17. The predicted molar refractivity (Wildman–Crippen MR) is 72.8 cm³/mol. The van der Waals surface area contributed by atoms with Crippen LogP contribution in [0.4, 0.5) is 0 Å². The molecule has 1 nitrogen and oxygen atoms in total. The van der Waals surface area contributed by atoms with Gasteiger partial charge in [0.2, 0.25) is 0 Å². The van der Waals surface area contributed by atoms with E-state index in [1.165, 1.54) is 0 Å². The molecule has 0 aliphatic heterocycles. The Morgan fingerprint density at radius 1 is 1.23 bits per heavy atom. The fraction of sp³-hybridized carbons (Fsp3) is 0.750. The molecular weight excluding hydrogens is 509 g/mol. The minimum absolute atomic E-state index is 0.806. The first-order chi connectivity index (χ1) is 5.67. The summed E-state index contributed by atoms with van der Waals surface area (Å²) in [6, 6.07) is 0. The van der Waals surface area contributed by atoms with Crippen molar-refractivity contribution in [2.24, 2.45) is 0 Å². The second-order valence-electron chi connectivity index (χ2n) is 4.14. The van der Waals surface area contributed by atoms with Crippen LogP contribution in [0.15, 0.2) is 7.68 Å². The minimum atomic E-state index is -2.06. The van der Waals surface area contributed by atoms with Crippen molar-refractivity contribution in [1.82, 2.24) is 0 Å². The van der Waals surface area contributed by atoms with Crippen LogP contribution in [0.1, 0.15) is 0 Å². The molecule has 0 saturated heterocycles. The third-order valence-corrected chi connectivity index (χ3v) is 17.0. The maximum absolute atomic E-state index is 5.24. The van der Waals surface area contributed by atoms with Gasteiger partial charge in [-0.05, 0) is 0 Å². The third kappa shape index (κ3) is 8.10. The Morgan fingerprint density at radius 2 is 1.69 bits per heavy atom. The van der Waals surface area contributed by atoms with Crippen LogP contribution in [0.5, 0.6) is 0 Å². The van der Waals surface area contributed by atoms with Crippen molar-refractivity contribution in [2.75, 3.05) is 13.7 Å². The zero-order valence-electron chi connectivity index (χ0n) is 8.95. The molecule has 0 amide bonds. The van der Waals surface area contributed by atoms with Crippen molar-refractivity contribution in [1.29, 1.82) is 0 Å². The molecule has 0 heterocycles. The molecule has 0 aromatic heterocycles. The maximum atomic E-state index is 5.24. The Labute approximate surface area is 102 Å². The third-order valence-electron chi connectivity index (χ3n) is 1.58. The summed E-state index contributed by atoms with van der Waals surface area (Å²) in [5.74, 6) is 0. The molecule has 0 fully saturated rings. The second-order valence-corrected chi connectivity index (χ2v) is 51.1. The van der Waals surface area contributed by atoms with E-state index in [0.29, 0.717) is 0 Å². The van der Waals surface area contributed by atoms with E-state index in [-0.39, 0.29) is 0 Å². The summed E-state index contributed by atoms with van der Waals surface area (Å²) >= 11 is 3.68. The Hall–Kier alpha value is 2.26. The predicted octanol–water partition coefficient (Wildman–Crippen LogP) is 3.84. The van der Waals surface area contributed by atoms with E-state index in [9.17, 15) is 0 Å². The molecule has 0 spiro atoms. The summed E-state index contributed by atoms with van der Waals surface area (Å²) in [6.45, 7) is 0.806. The molecule has 78 valence electrons. The Balaban J connectivity index is 4.71. The number of methoxy groups -OCH3 is 1. The van der Waals surface area contributed by atoms with E-state index in [1.54, 1.807) is 10.7 Å². The topological polar surface area (TPSA) is 9.23 Å². The van der Waals surface area contributed by atoms with Gasteiger partial charge in [0.25, 0.3) is 0 Å². The van der Waals surface area contributed by atoms with Crippen molar-refractivity contribution in [2.45, 2.75) is 19.8 Å². The average molecular weight is 527 g/mol. The molecule has 0 atom stereocenters. The molecule has 0 radical (unpaired) electrons. The molecular formula is C8H18Br2OSn2. The fourth-order valence-corrected chi connectivity index (χ4v) is 31.2. The number of hydrogen-bond acceptors (Lipinski definition) is 1. The summed E-state index contributed by atoms with van der Waals surface area (Å²) in [4.78, 5) is 9.44. The first-order valence-electron chi connectivity index (χ1n) is 4.26. The molecule has 13 heavy (non-hydrogen) atoms. The summed E-state index contributed by atoms with van der Waals surface area (Å²) in [5.41, 5.74) is 0. The van der Waals surface area contributed by atoms with E-state index in [0.717, 1.165) is 6.61 Å². The van der Waals surface area contributed by atoms with Gasteiger partial charge in [-0.2, -0.15) is 0 Å². The number of ether oxygens (including phenoxy) is 1. The van der Waals surface area contributed by atoms with Crippen molar-refractivity contribution in [3.63, 3.8) is 0 Å². The van der Waals surface area contributed by atoms with Gasteiger partial charge < -0.3 is 0 Å². The summed E-state index contributed by atoms with van der Waals surface area (Å²) < 4.78 is 9.28. The molecule has 0 aromatic carbocycles. The van der Waals surface area contributed by atoms with Crippen LogP contribution in [0.25, 0.3) is 0 Å². The summed E-state index contributed by atoms with van der Waals surface area (Å²) in [5, 5.41) is 0. The molecule has 0 aliphatic carbocycles. The van der Waals surface area contributed by atoms with Crippen LogP contribution in [-0.2, 0) is 4.74 Å². The van der Waals surface area contributed by atoms with Gasteiger partial charge in [-0.15, -0.1) is 0 Å². The van der Waals surface area contributed by atoms with Gasteiger partial charge in [0, 0.05) is 0 Å². The fourth-order valence-electron chi connectivity index (χ4n) is 0.955. The van der Waals surface area contributed by atoms with E-state index in [4.69, 9.17) is 4.74 Å². The van der Waals surface area contributed by atoms with Gasteiger partial charge in [-0.3, -0.25) is 0 Å². The molecule has 0 rings (SSSR count). The van der Waals surface area contributed by atoms with Crippen molar-refractivity contribution >= 4 is 57.7 Å². The normalized spacial score (nSPS) is 14.8. The number of hydrogen-bond donors (Lipinski definition) is 0. The van der Waals surface area contributed by atoms with E-state index < -0.39 is 32.3 Å². The molecule has 5 heteroatoms. The van der Waals surface area contributed by atoms with Crippen LogP contribution < -0.4 is 0 Å². The van der Waals surface area contributed by atoms with Gasteiger partial charge in [0.1, 0.15) is 0 Å². The number of rotatable bonds is 4. The Morgan fingerprint density at radius 3 is 1.92 bits per heavy atom. The molecule has 0 bridgehead atoms. The van der Waals surface area contributed by atoms with Gasteiger partial charge in [0.05, 0.1) is 0 Å². The summed E-state index contributed by atoms with van der Waals surface area (Å²) in [6.07, 6.45) is 0. The van der Waals surface area contributed by atoms with Gasteiger partial charge >= 0.3 is 104 Å². The zero-order valence-corrected chi connectivity index (χ0v) is 17.8. The average Bonchev–Trinajstić information content (AvgIpc) is 1.81. The molecule has 0 aliphatic rings. The van der Waals surface area contributed by atoms with E-state index >= 15 is 0 Å². The zero-order chi connectivity index (χ0) is 10.7. The van der Waals surface area contributed by atoms with Crippen molar-refractivity contribution in [3.05, 3.63) is 7.68 Å². The SMILES string of the molecule is COC/[C](=[CH]/[Sn]([CH3])([CH3])[Br])[Sn]([CH3])([CH3])[Br]. The van der Waals surface area contributed by atoms with Crippen LogP contribution in [0.2, 0.25) is 19.8 Å². The summed E-state index contributed by atoms with van der Waals surface area (Å²) in [7, 11) is 1.77. The van der Waals surface area contributed by atoms with Crippen molar-refractivity contribution in [3.8, 4) is 0 Å². The second kappa shape index (κ2) is 6.11. The molecule has 0 saturated carbocycles. The van der Waals surface area contributed by atoms with E-state index in [2.05, 4.69) is 49.3 Å². The molecule has 0 unspecified atom stereocenters. The molecule has 0 aromatic rings. The monoisotopic (exact) mass is 528 g/mol. The van der Waals surface area contributed by atoms with Crippen LogP contribution in [0.3, 0.4) is 0 Å². The van der Waals surface area contributed by atoms with Gasteiger partial charge in [-0.1, -0.05) is 0 Å². The van der Waals surface area contributed by atoms with Crippen molar-refractivity contribution < 1.29 is 4.74 Å². The molecule has 0 N–H and O–H groups in total. The van der Waals surface area contributed by atoms with E-state index in [1.807, 2.05) is 0 Å². The number of halogens is 2. The Bertz CT molecular complexity index is 191. The first-order valence-corrected chi connectivity index (χ1v) is 31.5. The van der Waals surface area contributed by atoms with Gasteiger partial charge in [0.15, 0.2) is 0 Å². The van der Waals surface area contributed by atoms with Crippen LogP contribution in [-0.4, -0.2) is 46.0 Å². The first kappa shape index (κ1) is 15.3. The van der Waals surface area contributed by atoms with Crippen LogP contribution in [0, 0.1) is 0 Å².